The highest BCUT2D eigenvalue weighted by molar-refractivity contribution is 5.94. The van der Waals surface area contributed by atoms with Crippen LogP contribution in [0.25, 0.3) is 0 Å². The van der Waals surface area contributed by atoms with E-state index in [0.717, 1.165) is 57.1 Å². The van der Waals surface area contributed by atoms with Crippen molar-refractivity contribution in [2.75, 3.05) is 52.5 Å². The van der Waals surface area contributed by atoms with E-state index in [-0.39, 0.29) is 11.5 Å². The molecule has 2 heterocycles. The number of morpholine rings is 1. The van der Waals surface area contributed by atoms with Gasteiger partial charge in [-0.05, 0) is 61.3 Å². The standard InChI is InChI=1S/C27H35N3O6/c31-25-2-1-11-30(18-20-3-5-22(6-4-20)27(33)34)19-24(25)28-26(32)21-7-9-23(10-8-21)36-17-14-29-12-15-35-16-13-29/h3-10,24-25,31H,1-2,11-19H2,(H,28,32)(H,33,34). The molecule has 2 atom stereocenters. The Morgan fingerprint density at radius 3 is 2.36 bits per heavy atom. The molecule has 194 valence electrons. The number of ether oxygens (including phenoxy) is 2. The molecular formula is C27H35N3O6. The predicted octanol–water partition coefficient (Wildman–Crippen LogP) is 1.85. The van der Waals surface area contributed by atoms with Crippen molar-refractivity contribution in [1.29, 1.82) is 0 Å². The van der Waals surface area contributed by atoms with Gasteiger partial charge in [-0.1, -0.05) is 12.1 Å². The topological polar surface area (TPSA) is 112 Å². The smallest absolute Gasteiger partial charge is 0.335 e. The molecule has 0 aromatic heterocycles. The first kappa shape index (κ1) is 26.1. The number of carbonyl (C=O) groups is 2. The van der Waals surface area contributed by atoms with Gasteiger partial charge in [0.15, 0.2) is 0 Å². The Morgan fingerprint density at radius 1 is 0.972 bits per heavy atom. The first-order valence-corrected chi connectivity index (χ1v) is 12.5. The fourth-order valence-corrected chi connectivity index (χ4v) is 4.58. The number of amides is 1. The SMILES string of the molecule is O=C(O)c1ccc(CN2CCCC(O)C(NC(=O)c3ccc(OCCN4CCOCC4)cc3)C2)cc1. The van der Waals surface area contributed by atoms with Crippen LogP contribution in [0.3, 0.4) is 0 Å². The van der Waals surface area contributed by atoms with Crippen LogP contribution in [0.5, 0.6) is 5.75 Å². The lowest BCUT2D eigenvalue weighted by Crippen LogP contribution is -2.48. The fourth-order valence-electron chi connectivity index (χ4n) is 4.58. The molecular weight excluding hydrogens is 462 g/mol. The Kier molecular flexibility index (Phi) is 9.29. The van der Waals surface area contributed by atoms with Crippen LogP contribution in [0.1, 0.15) is 39.1 Å². The summed E-state index contributed by atoms with van der Waals surface area (Å²) in [4.78, 5) is 28.5. The third kappa shape index (κ3) is 7.51. The van der Waals surface area contributed by atoms with E-state index in [2.05, 4.69) is 15.1 Å². The van der Waals surface area contributed by atoms with Crippen LogP contribution in [-0.4, -0.2) is 96.6 Å². The minimum Gasteiger partial charge on any atom is -0.492 e. The van der Waals surface area contributed by atoms with E-state index in [4.69, 9.17) is 14.6 Å². The monoisotopic (exact) mass is 497 g/mol. The average molecular weight is 498 g/mol. The van der Waals surface area contributed by atoms with Gasteiger partial charge in [0.05, 0.1) is 30.9 Å². The number of aliphatic hydroxyl groups is 1. The van der Waals surface area contributed by atoms with E-state index in [1.54, 1.807) is 36.4 Å². The first-order valence-electron chi connectivity index (χ1n) is 12.5. The van der Waals surface area contributed by atoms with Gasteiger partial charge in [0.25, 0.3) is 5.91 Å². The van der Waals surface area contributed by atoms with Crippen molar-refractivity contribution in [3.63, 3.8) is 0 Å². The summed E-state index contributed by atoms with van der Waals surface area (Å²) in [5, 5.41) is 22.7. The van der Waals surface area contributed by atoms with Gasteiger partial charge < -0.3 is 25.0 Å². The van der Waals surface area contributed by atoms with Gasteiger partial charge in [-0.15, -0.1) is 0 Å². The Labute approximate surface area is 211 Å². The van der Waals surface area contributed by atoms with Crippen molar-refractivity contribution in [1.82, 2.24) is 15.1 Å². The molecule has 2 aliphatic rings. The second-order valence-electron chi connectivity index (χ2n) is 9.35. The lowest BCUT2D eigenvalue weighted by molar-refractivity contribution is 0.0322. The zero-order valence-corrected chi connectivity index (χ0v) is 20.5. The van der Waals surface area contributed by atoms with Crippen LogP contribution >= 0.6 is 0 Å². The molecule has 1 amide bonds. The van der Waals surface area contributed by atoms with Gasteiger partial charge in [-0.25, -0.2) is 4.79 Å². The molecule has 36 heavy (non-hydrogen) atoms. The zero-order chi connectivity index (χ0) is 25.3. The lowest BCUT2D eigenvalue weighted by Gasteiger charge is -2.27. The van der Waals surface area contributed by atoms with Crippen LogP contribution in [0.4, 0.5) is 0 Å². The van der Waals surface area contributed by atoms with E-state index < -0.39 is 18.1 Å². The molecule has 0 saturated carbocycles. The molecule has 0 aliphatic carbocycles. The number of aliphatic hydroxyl groups excluding tert-OH is 1. The molecule has 9 heteroatoms. The molecule has 2 unspecified atom stereocenters. The fraction of sp³-hybridized carbons (Fsp3) is 0.481. The highest BCUT2D eigenvalue weighted by atomic mass is 16.5. The molecule has 0 radical (unpaired) electrons. The van der Waals surface area contributed by atoms with Crippen molar-refractivity contribution in [3.8, 4) is 5.75 Å². The van der Waals surface area contributed by atoms with Crippen LogP contribution in [0, 0.1) is 0 Å². The molecule has 0 bridgehead atoms. The van der Waals surface area contributed by atoms with Gasteiger partial charge in [-0.2, -0.15) is 0 Å². The summed E-state index contributed by atoms with van der Waals surface area (Å²) in [6, 6.07) is 13.5. The molecule has 4 rings (SSSR count). The van der Waals surface area contributed by atoms with Crippen molar-refractivity contribution in [2.45, 2.75) is 31.5 Å². The van der Waals surface area contributed by atoms with E-state index in [0.29, 0.717) is 31.7 Å². The summed E-state index contributed by atoms with van der Waals surface area (Å²) >= 11 is 0. The van der Waals surface area contributed by atoms with Gasteiger partial charge in [-0.3, -0.25) is 14.6 Å². The maximum Gasteiger partial charge on any atom is 0.335 e. The highest BCUT2D eigenvalue weighted by Crippen LogP contribution is 2.17. The number of hydrogen-bond acceptors (Lipinski definition) is 7. The minimum atomic E-state index is -0.949. The third-order valence-corrected chi connectivity index (χ3v) is 6.71. The molecule has 2 aromatic rings. The zero-order valence-electron chi connectivity index (χ0n) is 20.5. The molecule has 2 aromatic carbocycles. The summed E-state index contributed by atoms with van der Waals surface area (Å²) < 4.78 is 11.2. The summed E-state index contributed by atoms with van der Waals surface area (Å²) in [6.07, 6.45) is 0.795. The number of aromatic carboxylic acids is 1. The number of nitrogens with zero attached hydrogens (tertiary/aromatic N) is 2. The summed E-state index contributed by atoms with van der Waals surface area (Å²) in [5.74, 6) is -0.462. The first-order chi connectivity index (χ1) is 17.5. The minimum absolute atomic E-state index is 0.230. The maximum atomic E-state index is 12.9. The Hall–Kier alpha value is -2.98. The highest BCUT2D eigenvalue weighted by Gasteiger charge is 2.27. The van der Waals surface area contributed by atoms with Crippen molar-refractivity contribution in [3.05, 3.63) is 65.2 Å². The summed E-state index contributed by atoms with van der Waals surface area (Å²) in [6.45, 7) is 6.70. The van der Waals surface area contributed by atoms with Crippen LogP contribution < -0.4 is 10.1 Å². The van der Waals surface area contributed by atoms with Crippen molar-refractivity contribution in [2.24, 2.45) is 0 Å². The number of carboxylic acid groups (broad SMARTS) is 1. The van der Waals surface area contributed by atoms with Crippen LogP contribution in [0.2, 0.25) is 0 Å². The van der Waals surface area contributed by atoms with Crippen molar-refractivity contribution < 1.29 is 29.3 Å². The van der Waals surface area contributed by atoms with Crippen molar-refractivity contribution >= 4 is 11.9 Å². The molecule has 2 saturated heterocycles. The van der Waals surface area contributed by atoms with E-state index in [9.17, 15) is 14.7 Å². The van der Waals surface area contributed by atoms with E-state index >= 15 is 0 Å². The normalized spacial score (nSPS) is 21.5. The summed E-state index contributed by atoms with van der Waals surface area (Å²) in [7, 11) is 0. The Balaban J connectivity index is 1.28. The van der Waals surface area contributed by atoms with Gasteiger partial charge in [0.2, 0.25) is 0 Å². The number of carboxylic acids is 1. The number of carbonyl (C=O) groups excluding carboxylic acids is 1. The number of benzene rings is 2. The average Bonchev–Trinajstić information content (AvgIpc) is 3.06. The number of likely N-dealkylation sites (tertiary alicyclic amines) is 1. The molecule has 3 N–H and O–H groups in total. The quantitative estimate of drug-likeness (QED) is 0.481. The second kappa shape index (κ2) is 12.8. The van der Waals surface area contributed by atoms with E-state index in [1.807, 2.05) is 12.1 Å². The van der Waals surface area contributed by atoms with E-state index in [1.165, 1.54) is 0 Å². The Morgan fingerprint density at radius 2 is 1.67 bits per heavy atom. The summed E-state index contributed by atoms with van der Waals surface area (Å²) in [5.41, 5.74) is 1.76. The molecule has 2 fully saturated rings. The Bertz CT molecular complexity index is 992. The number of nitrogens with one attached hydrogen (secondary N) is 1. The van der Waals surface area contributed by atoms with Gasteiger partial charge in [0, 0.05) is 38.3 Å². The lowest BCUT2D eigenvalue weighted by atomic mass is 10.1. The van der Waals surface area contributed by atoms with Gasteiger partial charge in [0.1, 0.15) is 12.4 Å². The van der Waals surface area contributed by atoms with Crippen LogP contribution in [0.15, 0.2) is 48.5 Å². The maximum absolute atomic E-state index is 12.9. The number of rotatable bonds is 9. The molecule has 2 aliphatic heterocycles. The second-order valence-corrected chi connectivity index (χ2v) is 9.35. The molecule has 9 nitrogen and oxygen atoms in total. The number of hydrogen-bond donors (Lipinski definition) is 3. The largest absolute Gasteiger partial charge is 0.492 e. The van der Waals surface area contributed by atoms with Gasteiger partial charge >= 0.3 is 5.97 Å². The van der Waals surface area contributed by atoms with Crippen LogP contribution in [-0.2, 0) is 11.3 Å². The predicted molar refractivity (Wildman–Crippen MR) is 134 cm³/mol. The molecule has 0 spiro atoms. The third-order valence-electron chi connectivity index (χ3n) is 6.71.